The molecule has 20 heavy (non-hydrogen) atoms. The third-order valence-electron chi connectivity index (χ3n) is 3.32. The van der Waals surface area contributed by atoms with Crippen molar-refractivity contribution in [3.63, 3.8) is 0 Å². The maximum atomic E-state index is 12.0. The van der Waals surface area contributed by atoms with Crippen molar-refractivity contribution in [3.8, 4) is 5.75 Å². The fourth-order valence-electron chi connectivity index (χ4n) is 2.00. The second kappa shape index (κ2) is 5.78. The molecule has 0 saturated heterocycles. The molecule has 0 aliphatic carbocycles. The van der Waals surface area contributed by atoms with E-state index in [9.17, 15) is 9.90 Å². The van der Waals surface area contributed by atoms with Crippen LogP contribution in [0.15, 0.2) is 36.4 Å². The van der Waals surface area contributed by atoms with Crippen LogP contribution >= 0.6 is 0 Å². The van der Waals surface area contributed by atoms with E-state index in [1.54, 1.807) is 25.1 Å². The lowest BCUT2D eigenvalue weighted by molar-refractivity contribution is 0.0468. The van der Waals surface area contributed by atoms with Crippen molar-refractivity contribution in [1.82, 2.24) is 0 Å². The highest BCUT2D eigenvalue weighted by molar-refractivity contribution is 5.92. The minimum Gasteiger partial charge on any atom is -0.507 e. The van der Waals surface area contributed by atoms with Crippen molar-refractivity contribution in [1.29, 1.82) is 0 Å². The van der Waals surface area contributed by atoms with Crippen molar-refractivity contribution in [2.24, 2.45) is 0 Å². The Balaban J connectivity index is 2.13. The first-order valence-corrected chi connectivity index (χ1v) is 6.51. The summed E-state index contributed by atoms with van der Waals surface area (Å²) < 4.78 is 5.29. The Hall–Kier alpha value is -2.29. The molecule has 2 aromatic rings. The highest BCUT2D eigenvalue weighted by Crippen LogP contribution is 2.22. The lowest BCUT2D eigenvalue weighted by Gasteiger charge is -2.10. The monoisotopic (exact) mass is 270 g/mol. The lowest BCUT2D eigenvalue weighted by atomic mass is 10.1. The van der Waals surface area contributed by atoms with Gasteiger partial charge in [0.1, 0.15) is 17.9 Å². The number of aromatic hydroxyl groups is 1. The number of aryl methyl sites for hydroxylation is 3. The largest absolute Gasteiger partial charge is 0.507 e. The first kappa shape index (κ1) is 14.1. The van der Waals surface area contributed by atoms with Gasteiger partial charge in [-0.25, -0.2) is 4.79 Å². The topological polar surface area (TPSA) is 46.5 Å². The van der Waals surface area contributed by atoms with Crippen molar-refractivity contribution in [3.05, 3.63) is 64.2 Å². The first-order chi connectivity index (χ1) is 9.49. The van der Waals surface area contributed by atoms with Gasteiger partial charge in [-0.05, 0) is 43.5 Å². The zero-order chi connectivity index (χ0) is 14.7. The van der Waals surface area contributed by atoms with E-state index in [1.165, 1.54) is 0 Å². The quantitative estimate of drug-likeness (QED) is 0.865. The number of phenolic OH excluding ortho intramolecular Hbond substituents is 1. The van der Waals surface area contributed by atoms with Gasteiger partial charge >= 0.3 is 5.97 Å². The third-order valence-corrected chi connectivity index (χ3v) is 3.32. The molecule has 0 atom stereocenters. The highest BCUT2D eigenvalue weighted by Gasteiger charge is 2.14. The van der Waals surface area contributed by atoms with E-state index >= 15 is 0 Å². The molecule has 3 heteroatoms. The molecule has 0 aromatic heterocycles. The van der Waals surface area contributed by atoms with Crippen molar-refractivity contribution in [2.45, 2.75) is 27.4 Å². The summed E-state index contributed by atoms with van der Waals surface area (Å²) in [4.78, 5) is 12.0. The molecule has 0 radical (unpaired) electrons. The van der Waals surface area contributed by atoms with Crippen molar-refractivity contribution in [2.75, 3.05) is 0 Å². The van der Waals surface area contributed by atoms with E-state index in [4.69, 9.17) is 4.74 Å². The standard InChI is InChI=1S/C17H18O3/c1-11-7-8-12(2)14(9-11)10-20-17(19)15-6-4-5-13(3)16(15)18/h4-9,18H,10H2,1-3H3. The van der Waals surface area contributed by atoms with Crippen LogP contribution < -0.4 is 0 Å². The van der Waals surface area contributed by atoms with E-state index in [0.29, 0.717) is 5.56 Å². The van der Waals surface area contributed by atoms with E-state index in [-0.39, 0.29) is 17.9 Å². The number of para-hydroxylation sites is 1. The van der Waals surface area contributed by atoms with Gasteiger partial charge in [-0.2, -0.15) is 0 Å². The van der Waals surface area contributed by atoms with Crippen LogP contribution in [0, 0.1) is 20.8 Å². The fraction of sp³-hybridized carbons (Fsp3) is 0.235. The molecular weight excluding hydrogens is 252 g/mol. The molecule has 0 heterocycles. The van der Waals surface area contributed by atoms with Crippen LogP contribution in [-0.2, 0) is 11.3 Å². The van der Waals surface area contributed by atoms with E-state index < -0.39 is 5.97 Å². The lowest BCUT2D eigenvalue weighted by Crippen LogP contribution is -2.07. The molecule has 0 fully saturated rings. The number of hydrogen-bond donors (Lipinski definition) is 1. The Morgan fingerprint density at radius 3 is 2.60 bits per heavy atom. The number of benzene rings is 2. The summed E-state index contributed by atoms with van der Waals surface area (Å²) in [7, 11) is 0. The maximum absolute atomic E-state index is 12.0. The number of carbonyl (C=O) groups is 1. The van der Waals surface area contributed by atoms with Crippen LogP contribution in [0.2, 0.25) is 0 Å². The number of ether oxygens (including phenoxy) is 1. The van der Waals surface area contributed by atoms with Crippen LogP contribution in [0.25, 0.3) is 0 Å². The molecular formula is C17H18O3. The Bertz CT molecular complexity index is 645. The maximum Gasteiger partial charge on any atom is 0.342 e. The van der Waals surface area contributed by atoms with E-state index in [0.717, 1.165) is 16.7 Å². The molecule has 0 aliphatic rings. The average Bonchev–Trinajstić information content (AvgIpc) is 2.42. The van der Waals surface area contributed by atoms with Crippen LogP contribution in [0.5, 0.6) is 5.75 Å². The minimum absolute atomic E-state index is 0.0153. The number of hydrogen-bond acceptors (Lipinski definition) is 3. The zero-order valence-corrected chi connectivity index (χ0v) is 11.9. The molecule has 1 N–H and O–H groups in total. The molecule has 2 rings (SSSR count). The van der Waals surface area contributed by atoms with Gasteiger partial charge in [0, 0.05) is 0 Å². The van der Waals surface area contributed by atoms with E-state index in [1.807, 2.05) is 32.0 Å². The highest BCUT2D eigenvalue weighted by atomic mass is 16.5. The number of carbonyl (C=O) groups excluding carboxylic acids is 1. The van der Waals surface area contributed by atoms with E-state index in [2.05, 4.69) is 0 Å². The molecule has 104 valence electrons. The Morgan fingerprint density at radius 2 is 1.85 bits per heavy atom. The minimum atomic E-state index is -0.507. The van der Waals surface area contributed by atoms with Gasteiger partial charge < -0.3 is 9.84 Å². The predicted molar refractivity (Wildman–Crippen MR) is 77.9 cm³/mol. The molecule has 0 saturated carbocycles. The van der Waals surface area contributed by atoms with Gasteiger partial charge in [-0.3, -0.25) is 0 Å². The summed E-state index contributed by atoms with van der Waals surface area (Å²) in [6, 6.07) is 11.1. The summed E-state index contributed by atoms with van der Waals surface area (Å²) in [5, 5.41) is 9.86. The summed E-state index contributed by atoms with van der Waals surface area (Å²) in [6.45, 7) is 5.93. The first-order valence-electron chi connectivity index (χ1n) is 6.51. The van der Waals surface area contributed by atoms with Gasteiger partial charge in [0.15, 0.2) is 0 Å². The molecule has 0 spiro atoms. The Labute approximate surface area is 118 Å². The van der Waals surface area contributed by atoms with Gasteiger partial charge in [0.2, 0.25) is 0 Å². The second-order valence-corrected chi connectivity index (χ2v) is 4.98. The Kier molecular flexibility index (Phi) is 4.08. The van der Waals surface area contributed by atoms with Crippen molar-refractivity contribution >= 4 is 5.97 Å². The number of rotatable bonds is 3. The second-order valence-electron chi connectivity index (χ2n) is 4.98. The van der Waals surface area contributed by atoms with Crippen LogP contribution in [0.1, 0.15) is 32.6 Å². The summed E-state index contributed by atoms with van der Waals surface area (Å²) in [5.41, 5.74) is 4.05. The van der Waals surface area contributed by atoms with Crippen LogP contribution in [0.4, 0.5) is 0 Å². The van der Waals surface area contributed by atoms with Crippen LogP contribution in [-0.4, -0.2) is 11.1 Å². The van der Waals surface area contributed by atoms with Gasteiger partial charge in [0.25, 0.3) is 0 Å². The number of phenols is 1. The molecule has 0 aliphatic heterocycles. The predicted octanol–water partition coefficient (Wildman–Crippen LogP) is 3.67. The van der Waals surface area contributed by atoms with Crippen LogP contribution in [0.3, 0.4) is 0 Å². The normalized spacial score (nSPS) is 10.3. The Morgan fingerprint density at radius 1 is 1.10 bits per heavy atom. The SMILES string of the molecule is Cc1ccc(C)c(COC(=O)c2cccc(C)c2O)c1. The molecule has 0 unspecified atom stereocenters. The zero-order valence-electron chi connectivity index (χ0n) is 11.9. The average molecular weight is 270 g/mol. The van der Waals surface area contributed by atoms with Gasteiger partial charge in [0.05, 0.1) is 0 Å². The molecule has 3 nitrogen and oxygen atoms in total. The van der Waals surface area contributed by atoms with Gasteiger partial charge in [-0.1, -0.05) is 35.9 Å². The third kappa shape index (κ3) is 2.99. The molecule has 0 amide bonds. The van der Waals surface area contributed by atoms with Gasteiger partial charge in [-0.15, -0.1) is 0 Å². The fourth-order valence-corrected chi connectivity index (χ4v) is 2.00. The molecule has 2 aromatic carbocycles. The van der Waals surface area contributed by atoms with Crippen molar-refractivity contribution < 1.29 is 14.6 Å². The summed E-state index contributed by atoms with van der Waals surface area (Å²) >= 11 is 0. The number of esters is 1. The summed E-state index contributed by atoms with van der Waals surface area (Å²) in [5.74, 6) is -0.523. The molecule has 0 bridgehead atoms. The smallest absolute Gasteiger partial charge is 0.342 e. The summed E-state index contributed by atoms with van der Waals surface area (Å²) in [6.07, 6.45) is 0.